The van der Waals surface area contributed by atoms with Crippen LogP contribution < -0.4 is 5.73 Å². The highest BCUT2D eigenvalue weighted by molar-refractivity contribution is 5.78. The molecule has 2 aliphatic heterocycles. The number of hydrogen-bond donors (Lipinski definition) is 1. The van der Waals surface area contributed by atoms with Crippen LogP contribution >= 0.6 is 0 Å². The van der Waals surface area contributed by atoms with Gasteiger partial charge < -0.3 is 10.6 Å². The lowest BCUT2D eigenvalue weighted by atomic mass is 9.92. The van der Waals surface area contributed by atoms with Crippen LogP contribution in [-0.4, -0.2) is 54.0 Å². The predicted molar refractivity (Wildman–Crippen MR) is 73.2 cm³/mol. The normalized spacial score (nSPS) is 31.6. The summed E-state index contributed by atoms with van der Waals surface area (Å²) < 4.78 is 0. The van der Waals surface area contributed by atoms with E-state index in [1.807, 2.05) is 4.90 Å². The zero-order valence-corrected chi connectivity index (χ0v) is 11.8. The molecule has 0 aliphatic carbocycles. The molecule has 1 amide bonds. The van der Waals surface area contributed by atoms with Crippen molar-refractivity contribution < 1.29 is 4.79 Å². The molecule has 2 heterocycles. The standard InChI is InChI=1S/C14H27N3O/c1-11-5-3-7-16(11)10-14(18)17-8-4-6-13(9-17)12(2)15/h11-13H,3-10,15H2,1-2H3/t11-,12-,13+/m0/s1. The third-order valence-electron chi connectivity index (χ3n) is 4.58. The highest BCUT2D eigenvalue weighted by Crippen LogP contribution is 2.20. The number of amides is 1. The summed E-state index contributed by atoms with van der Waals surface area (Å²) in [7, 11) is 0. The smallest absolute Gasteiger partial charge is 0.236 e. The minimum absolute atomic E-state index is 0.200. The molecule has 2 N–H and O–H groups in total. The lowest BCUT2D eigenvalue weighted by molar-refractivity contribution is -0.134. The molecular formula is C14H27N3O. The Morgan fingerprint density at radius 3 is 2.67 bits per heavy atom. The van der Waals surface area contributed by atoms with E-state index < -0.39 is 0 Å². The van der Waals surface area contributed by atoms with Crippen LogP contribution in [0.15, 0.2) is 0 Å². The lowest BCUT2D eigenvalue weighted by Gasteiger charge is -2.35. The molecule has 0 saturated carbocycles. The molecule has 2 fully saturated rings. The summed E-state index contributed by atoms with van der Waals surface area (Å²) >= 11 is 0. The number of nitrogens with two attached hydrogens (primary N) is 1. The van der Waals surface area contributed by atoms with Gasteiger partial charge in [-0.3, -0.25) is 9.69 Å². The summed E-state index contributed by atoms with van der Waals surface area (Å²) in [6.45, 7) is 7.75. The molecule has 4 heteroatoms. The van der Waals surface area contributed by atoms with Gasteiger partial charge in [-0.15, -0.1) is 0 Å². The van der Waals surface area contributed by atoms with E-state index in [2.05, 4.69) is 18.7 Å². The number of likely N-dealkylation sites (tertiary alicyclic amines) is 2. The summed E-state index contributed by atoms with van der Waals surface area (Å²) in [5, 5.41) is 0. The highest BCUT2D eigenvalue weighted by atomic mass is 16.2. The summed E-state index contributed by atoms with van der Waals surface area (Å²) in [6, 6.07) is 0.772. The second-order valence-corrected chi connectivity index (χ2v) is 6.06. The quantitative estimate of drug-likeness (QED) is 0.818. The molecule has 0 bridgehead atoms. The van der Waals surface area contributed by atoms with Gasteiger partial charge in [0.2, 0.25) is 5.91 Å². The Labute approximate surface area is 110 Å². The zero-order valence-electron chi connectivity index (χ0n) is 11.8. The van der Waals surface area contributed by atoms with E-state index in [4.69, 9.17) is 5.73 Å². The highest BCUT2D eigenvalue weighted by Gasteiger charge is 2.28. The van der Waals surface area contributed by atoms with Crippen molar-refractivity contribution in [3.8, 4) is 0 Å². The van der Waals surface area contributed by atoms with Crippen LogP contribution in [0.25, 0.3) is 0 Å². The topological polar surface area (TPSA) is 49.6 Å². The van der Waals surface area contributed by atoms with Gasteiger partial charge in [0, 0.05) is 25.2 Å². The van der Waals surface area contributed by atoms with Gasteiger partial charge in [-0.2, -0.15) is 0 Å². The first-order valence-electron chi connectivity index (χ1n) is 7.35. The van der Waals surface area contributed by atoms with Crippen molar-refractivity contribution in [3.05, 3.63) is 0 Å². The van der Waals surface area contributed by atoms with Gasteiger partial charge in [0.15, 0.2) is 0 Å². The van der Waals surface area contributed by atoms with E-state index in [-0.39, 0.29) is 6.04 Å². The fraction of sp³-hybridized carbons (Fsp3) is 0.929. The SMILES string of the molecule is C[C@H](N)[C@@H]1CCCN(C(=O)CN2CCC[C@@H]2C)C1. The van der Waals surface area contributed by atoms with Crippen molar-refractivity contribution in [1.82, 2.24) is 9.80 Å². The largest absolute Gasteiger partial charge is 0.341 e. The Kier molecular flexibility index (Phi) is 4.62. The molecule has 0 aromatic carbocycles. The first-order valence-corrected chi connectivity index (χ1v) is 7.35. The van der Waals surface area contributed by atoms with Crippen molar-refractivity contribution in [2.45, 2.75) is 51.6 Å². The van der Waals surface area contributed by atoms with Crippen molar-refractivity contribution in [2.75, 3.05) is 26.2 Å². The zero-order chi connectivity index (χ0) is 13.1. The third kappa shape index (κ3) is 3.23. The van der Waals surface area contributed by atoms with Crippen LogP contribution in [0.4, 0.5) is 0 Å². The number of piperidine rings is 1. The van der Waals surface area contributed by atoms with Gasteiger partial charge in [0.05, 0.1) is 6.54 Å². The Balaban J connectivity index is 1.84. The molecule has 0 aromatic rings. The van der Waals surface area contributed by atoms with Gasteiger partial charge in [-0.05, 0) is 52.0 Å². The first kappa shape index (κ1) is 13.8. The monoisotopic (exact) mass is 253 g/mol. The summed E-state index contributed by atoms with van der Waals surface area (Å²) in [5.74, 6) is 0.785. The van der Waals surface area contributed by atoms with Crippen LogP contribution in [-0.2, 0) is 4.79 Å². The molecule has 18 heavy (non-hydrogen) atoms. The van der Waals surface area contributed by atoms with Crippen molar-refractivity contribution in [1.29, 1.82) is 0 Å². The Morgan fingerprint density at radius 1 is 1.33 bits per heavy atom. The van der Waals surface area contributed by atoms with Gasteiger partial charge >= 0.3 is 0 Å². The molecule has 0 spiro atoms. The van der Waals surface area contributed by atoms with Crippen molar-refractivity contribution in [2.24, 2.45) is 11.7 Å². The maximum absolute atomic E-state index is 12.3. The van der Waals surface area contributed by atoms with E-state index in [1.54, 1.807) is 0 Å². The molecule has 0 unspecified atom stereocenters. The Hall–Kier alpha value is -0.610. The first-order chi connectivity index (χ1) is 8.58. The van der Waals surface area contributed by atoms with Crippen molar-refractivity contribution >= 4 is 5.91 Å². The molecule has 0 aromatic heterocycles. The number of nitrogens with zero attached hydrogens (tertiary/aromatic N) is 2. The number of carbonyl (C=O) groups excluding carboxylic acids is 1. The van der Waals surface area contributed by atoms with E-state index in [1.165, 1.54) is 19.3 Å². The summed E-state index contributed by atoms with van der Waals surface area (Å²) in [6.07, 6.45) is 4.74. The average Bonchev–Trinajstić information content (AvgIpc) is 2.75. The van der Waals surface area contributed by atoms with Gasteiger partial charge in [-0.1, -0.05) is 0 Å². The minimum Gasteiger partial charge on any atom is -0.341 e. The van der Waals surface area contributed by atoms with E-state index in [0.29, 0.717) is 24.4 Å². The van der Waals surface area contributed by atoms with E-state index >= 15 is 0 Å². The predicted octanol–water partition coefficient (Wildman–Crippen LogP) is 1.06. The molecule has 2 rings (SSSR count). The van der Waals surface area contributed by atoms with Crippen LogP contribution in [0.5, 0.6) is 0 Å². The molecule has 2 saturated heterocycles. The third-order valence-corrected chi connectivity index (χ3v) is 4.58. The van der Waals surface area contributed by atoms with Crippen molar-refractivity contribution in [3.63, 3.8) is 0 Å². The average molecular weight is 253 g/mol. The number of carbonyl (C=O) groups is 1. The summed E-state index contributed by atoms with van der Waals surface area (Å²) in [4.78, 5) is 16.7. The Morgan fingerprint density at radius 2 is 2.06 bits per heavy atom. The second kappa shape index (κ2) is 6.02. The van der Waals surface area contributed by atoms with Gasteiger partial charge in [0.25, 0.3) is 0 Å². The molecule has 104 valence electrons. The number of rotatable bonds is 3. The second-order valence-electron chi connectivity index (χ2n) is 6.06. The van der Waals surface area contributed by atoms with Gasteiger partial charge in [0.1, 0.15) is 0 Å². The van der Waals surface area contributed by atoms with Crippen LogP contribution in [0.2, 0.25) is 0 Å². The molecule has 4 nitrogen and oxygen atoms in total. The maximum Gasteiger partial charge on any atom is 0.236 e. The fourth-order valence-corrected chi connectivity index (χ4v) is 3.17. The molecule has 3 atom stereocenters. The summed E-state index contributed by atoms with van der Waals surface area (Å²) in [5.41, 5.74) is 5.97. The maximum atomic E-state index is 12.3. The fourth-order valence-electron chi connectivity index (χ4n) is 3.17. The van der Waals surface area contributed by atoms with E-state index in [9.17, 15) is 4.79 Å². The lowest BCUT2D eigenvalue weighted by Crippen LogP contribution is -2.48. The minimum atomic E-state index is 0.200. The van der Waals surface area contributed by atoms with Crippen LogP contribution in [0.1, 0.15) is 39.5 Å². The van der Waals surface area contributed by atoms with E-state index in [0.717, 1.165) is 26.1 Å². The molecule has 2 aliphatic rings. The van der Waals surface area contributed by atoms with Gasteiger partial charge in [-0.25, -0.2) is 0 Å². The van der Waals surface area contributed by atoms with Crippen LogP contribution in [0.3, 0.4) is 0 Å². The number of hydrogen-bond acceptors (Lipinski definition) is 3. The molecular weight excluding hydrogens is 226 g/mol. The molecule has 0 radical (unpaired) electrons. The Bertz CT molecular complexity index is 293. The van der Waals surface area contributed by atoms with Crippen LogP contribution in [0, 0.1) is 5.92 Å².